The maximum Gasteiger partial charge on any atom is 0.262 e. The molecule has 8 heteroatoms. The van der Waals surface area contributed by atoms with E-state index in [2.05, 4.69) is 21.2 Å². The number of anilines is 1. The third kappa shape index (κ3) is 4.32. The molecule has 0 aliphatic rings. The van der Waals surface area contributed by atoms with Gasteiger partial charge in [0.25, 0.3) is 5.91 Å². The molecule has 22 heavy (non-hydrogen) atoms. The Balaban J connectivity index is 2.03. The number of rotatable bonds is 4. The molecule has 1 amide bonds. The average Bonchev–Trinajstić information content (AvgIpc) is 2.44. The molecule has 0 aliphatic carbocycles. The SMILES string of the molecule is O=C(COc1cc(Cl)ccc1Cl)Nc1c(F)cc(F)cc1Br. The molecule has 0 aromatic heterocycles. The molecule has 0 saturated heterocycles. The number of hydrogen-bond acceptors (Lipinski definition) is 2. The summed E-state index contributed by atoms with van der Waals surface area (Å²) in [5, 5.41) is 2.96. The molecule has 0 fully saturated rings. The monoisotopic (exact) mass is 409 g/mol. The van der Waals surface area contributed by atoms with Crippen molar-refractivity contribution in [3.05, 3.63) is 56.5 Å². The maximum absolute atomic E-state index is 13.6. The molecule has 0 unspecified atom stereocenters. The van der Waals surface area contributed by atoms with Crippen LogP contribution in [0.25, 0.3) is 0 Å². The van der Waals surface area contributed by atoms with Gasteiger partial charge in [-0.1, -0.05) is 23.2 Å². The molecule has 2 rings (SSSR count). The first kappa shape index (κ1) is 17.0. The molecule has 1 N–H and O–H groups in total. The van der Waals surface area contributed by atoms with E-state index >= 15 is 0 Å². The number of benzene rings is 2. The van der Waals surface area contributed by atoms with Crippen LogP contribution >= 0.6 is 39.1 Å². The molecule has 3 nitrogen and oxygen atoms in total. The lowest BCUT2D eigenvalue weighted by molar-refractivity contribution is -0.118. The lowest BCUT2D eigenvalue weighted by Crippen LogP contribution is -2.21. The Hall–Kier alpha value is -1.37. The Morgan fingerprint density at radius 1 is 1.23 bits per heavy atom. The van der Waals surface area contributed by atoms with Gasteiger partial charge in [-0.05, 0) is 34.1 Å². The van der Waals surface area contributed by atoms with E-state index in [0.717, 1.165) is 6.07 Å². The summed E-state index contributed by atoms with van der Waals surface area (Å²) < 4.78 is 31.8. The van der Waals surface area contributed by atoms with E-state index in [0.29, 0.717) is 11.1 Å². The van der Waals surface area contributed by atoms with Crippen LogP contribution in [0.1, 0.15) is 0 Å². The highest BCUT2D eigenvalue weighted by Crippen LogP contribution is 2.28. The summed E-state index contributed by atoms with van der Waals surface area (Å²) in [7, 11) is 0. The third-order valence-corrected chi connectivity index (χ3v) is 3.70. The lowest BCUT2D eigenvalue weighted by Gasteiger charge is -2.11. The van der Waals surface area contributed by atoms with Gasteiger partial charge in [-0.25, -0.2) is 8.78 Å². The first-order valence-corrected chi connectivity index (χ1v) is 7.44. The summed E-state index contributed by atoms with van der Waals surface area (Å²) in [6.45, 7) is -0.413. The second-order valence-corrected chi connectivity index (χ2v) is 5.85. The predicted molar refractivity (Wildman–Crippen MR) is 84.6 cm³/mol. The van der Waals surface area contributed by atoms with Gasteiger partial charge >= 0.3 is 0 Å². The fourth-order valence-corrected chi connectivity index (χ4v) is 2.41. The zero-order valence-electron chi connectivity index (χ0n) is 10.8. The molecule has 0 heterocycles. The van der Waals surface area contributed by atoms with Gasteiger partial charge < -0.3 is 10.1 Å². The van der Waals surface area contributed by atoms with Gasteiger partial charge in [-0.2, -0.15) is 0 Å². The fraction of sp³-hybridized carbons (Fsp3) is 0.0714. The van der Waals surface area contributed by atoms with Crippen LogP contribution < -0.4 is 10.1 Å². The van der Waals surface area contributed by atoms with E-state index in [1.807, 2.05) is 0 Å². The van der Waals surface area contributed by atoms with Crippen molar-refractivity contribution in [3.63, 3.8) is 0 Å². The molecular weight excluding hydrogens is 403 g/mol. The van der Waals surface area contributed by atoms with E-state index < -0.39 is 24.1 Å². The van der Waals surface area contributed by atoms with E-state index in [4.69, 9.17) is 27.9 Å². The van der Waals surface area contributed by atoms with Crippen molar-refractivity contribution < 1.29 is 18.3 Å². The number of halogens is 5. The number of ether oxygens (including phenoxy) is 1. The molecule has 2 aromatic carbocycles. The number of hydrogen-bond donors (Lipinski definition) is 1. The molecule has 0 aliphatic heterocycles. The molecule has 0 spiro atoms. The molecule has 0 bridgehead atoms. The zero-order valence-corrected chi connectivity index (χ0v) is 13.9. The Labute approximate surface area is 143 Å². The van der Waals surface area contributed by atoms with Gasteiger partial charge in [0, 0.05) is 21.6 Å². The van der Waals surface area contributed by atoms with E-state index in [1.54, 1.807) is 6.07 Å². The third-order valence-electron chi connectivity index (χ3n) is 2.52. The maximum atomic E-state index is 13.6. The highest BCUT2D eigenvalue weighted by molar-refractivity contribution is 9.10. The quantitative estimate of drug-likeness (QED) is 0.765. The normalized spacial score (nSPS) is 10.4. The standard InChI is InChI=1S/C14H8BrCl2F2NO2/c15-9-4-8(18)5-11(19)14(9)20-13(21)6-22-12-3-7(16)1-2-10(12)17/h1-5H,6H2,(H,20,21). The van der Waals surface area contributed by atoms with Crippen molar-refractivity contribution in [2.75, 3.05) is 11.9 Å². The summed E-state index contributed by atoms with van der Waals surface area (Å²) in [5.41, 5.74) is -0.174. The van der Waals surface area contributed by atoms with Crippen LogP contribution in [-0.4, -0.2) is 12.5 Å². The molecule has 0 radical (unpaired) electrons. The highest BCUT2D eigenvalue weighted by Gasteiger charge is 2.13. The van der Waals surface area contributed by atoms with Crippen LogP contribution in [0.15, 0.2) is 34.8 Å². The van der Waals surface area contributed by atoms with Crippen LogP contribution in [0.5, 0.6) is 5.75 Å². The summed E-state index contributed by atoms with van der Waals surface area (Å²) in [4.78, 5) is 11.8. The van der Waals surface area contributed by atoms with Gasteiger partial charge in [0.05, 0.1) is 10.7 Å². The summed E-state index contributed by atoms with van der Waals surface area (Å²) in [6, 6.07) is 6.24. The number of carbonyl (C=O) groups excluding carboxylic acids is 1. The Morgan fingerprint density at radius 3 is 2.64 bits per heavy atom. The van der Waals surface area contributed by atoms with Gasteiger partial charge in [0.1, 0.15) is 11.6 Å². The molecule has 0 saturated carbocycles. The lowest BCUT2D eigenvalue weighted by atomic mass is 10.3. The van der Waals surface area contributed by atoms with E-state index in [-0.39, 0.29) is 20.9 Å². The fourth-order valence-electron chi connectivity index (χ4n) is 1.57. The molecule has 0 atom stereocenters. The summed E-state index contributed by atoms with van der Waals surface area (Å²) >= 11 is 14.6. The first-order chi connectivity index (χ1) is 10.4. The topological polar surface area (TPSA) is 38.3 Å². The van der Waals surface area contributed by atoms with E-state index in [9.17, 15) is 13.6 Å². The highest BCUT2D eigenvalue weighted by atomic mass is 79.9. The second kappa shape index (κ2) is 7.26. The smallest absolute Gasteiger partial charge is 0.262 e. The second-order valence-electron chi connectivity index (χ2n) is 4.16. The minimum Gasteiger partial charge on any atom is -0.482 e. The first-order valence-electron chi connectivity index (χ1n) is 5.89. The predicted octanol–water partition coefficient (Wildman–Crippen LogP) is 5.05. The van der Waals surface area contributed by atoms with Crippen molar-refractivity contribution in [1.29, 1.82) is 0 Å². The number of carbonyl (C=O) groups is 1. The minimum atomic E-state index is -0.902. The largest absolute Gasteiger partial charge is 0.482 e. The number of nitrogens with one attached hydrogen (secondary N) is 1. The summed E-state index contributed by atoms with van der Waals surface area (Å²) in [5.74, 6) is -2.07. The average molecular weight is 411 g/mol. The van der Waals surface area contributed by atoms with Gasteiger partial charge in [-0.3, -0.25) is 4.79 Å². The molecule has 116 valence electrons. The van der Waals surface area contributed by atoms with Crippen molar-refractivity contribution in [2.24, 2.45) is 0 Å². The molecular formula is C14H8BrCl2F2NO2. The molecule has 2 aromatic rings. The zero-order chi connectivity index (χ0) is 16.3. The Bertz CT molecular complexity index is 705. The van der Waals surface area contributed by atoms with Crippen LogP contribution in [0.4, 0.5) is 14.5 Å². The summed E-state index contributed by atoms with van der Waals surface area (Å²) in [6.07, 6.45) is 0. The van der Waals surface area contributed by atoms with Crippen molar-refractivity contribution in [1.82, 2.24) is 0 Å². The van der Waals surface area contributed by atoms with Crippen LogP contribution in [0, 0.1) is 11.6 Å². The van der Waals surface area contributed by atoms with Crippen molar-refractivity contribution >= 4 is 50.7 Å². The van der Waals surface area contributed by atoms with Crippen molar-refractivity contribution in [3.8, 4) is 5.75 Å². The van der Waals surface area contributed by atoms with Gasteiger partial charge in [0.15, 0.2) is 12.4 Å². The van der Waals surface area contributed by atoms with Gasteiger partial charge in [0.2, 0.25) is 0 Å². The van der Waals surface area contributed by atoms with E-state index in [1.165, 1.54) is 12.1 Å². The van der Waals surface area contributed by atoms with Gasteiger partial charge in [-0.15, -0.1) is 0 Å². The number of amides is 1. The minimum absolute atomic E-state index is 0.0825. The van der Waals surface area contributed by atoms with Crippen LogP contribution in [-0.2, 0) is 4.79 Å². The van der Waals surface area contributed by atoms with Crippen LogP contribution in [0.3, 0.4) is 0 Å². The Kier molecular flexibility index (Phi) is 5.61. The Morgan fingerprint density at radius 2 is 1.95 bits per heavy atom. The van der Waals surface area contributed by atoms with Crippen molar-refractivity contribution in [2.45, 2.75) is 0 Å². The van der Waals surface area contributed by atoms with Crippen LogP contribution in [0.2, 0.25) is 10.0 Å².